The molecule has 5 nitrogen and oxygen atoms in total. The number of rotatable bonds is 4. The predicted molar refractivity (Wildman–Crippen MR) is 69.3 cm³/mol. The van der Waals surface area contributed by atoms with Crippen molar-refractivity contribution < 1.29 is 25.4 Å². The van der Waals surface area contributed by atoms with Crippen LogP contribution in [0.5, 0.6) is 0 Å². The molecule has 1 fully saturated rings. The molecule has 0 aromatic heterocycles. The molecule has 5 atom stereocenters. The Hall–Kier alpha value is -0.980. The fraction of sp³-hybridized carbons (Fsp3) is 0.571. The summed E-state index contributed by atoms with van der Waals surface area (Å²) >= 11 is 0. The van der Waals surface area contributed by atoms with E-state index in [1.54, 1.807) is 6.92 Å². The first-order chi connectivity index (χ1) is 9.09. The molecule has 1 saturated heterocycles. The highest BCUT2D eigenvalue weighted by Crippen LogP contribution is 2.17. The van der Waals surface area contributed by atoms with Crippen molar-refractivity contribution >= 4 is 0 Å². The number of ether oxygens (including phenoxy) is 1. The molecule has 0 radical (unpaired) electrons. The lowest BCUT2D eigenvalue weighted by Crippen LogP contribution is -2.95. The minimum Gasteiger partial charge on any atom is -0.388 e. The van der Waals surface area contributed by atoms with E-state index in [-0.39, 0.29) is 0 Å². The van der Waals surface area contributed by atoms with Gasteiger partial charge in [-0.25, -0.2) is 0 Å². The van der Waals surface area contributed by atoms with Crippen LogP contribution in [0.25, 0.3) is 0 Å². The lowest BCUT2D eigenvalue weighted by Gasteiger charge is -2.37. The minimum atomic E-state index is -1.15. The second-order valence-corrected chi connectivity index (χ2v) is 5.04. The van der Waals surface area contributed by atoms with Crippen LogP contribution in [-0.2, 0) is 11.2 Å². The fourth-order valence-corrected chi connectivity index (χ4v) is 2.34. The number of hydrogen-bond acceptors (Lipinski definition) is 4. The molecule has 2 rings (SSSR count). The third kappa shape index (κ3) is 3.52. The van der Waals surface area contributed by atoms with E-state index in [2.05, 4.69) is 0 Å². The molecular formula is C14H22NO4+. The quantitative estimate of drug-likeness (QED) is 0.542. The van der Waals surface area contributed by atoms with E-state index >= 15 is 0 Å². The molecule has 1 aromatic carbocycles. The third-order valence-electron chi connectivity index (χ3n) is 3.56. The lowest BCUT2D eigenvalue weighted by atomic mass is 9.99. The zero-order valence-corrected chi connectivity index (χ0v) is 11.0. The SMILES string of the molecule is C[C@H]1O[C@@H]([NH2+]CCc2ccccc2)[C@@H](O)[C@@H](O)[C@@H]1O. The Morgan fingerprint density at radius 1 is 1.05 bits per heavy atom. The van der Waals surface area contributed by atoms with E-state index in [0.29, 0.717) is 0 Å². The molecule has 0 amide bonds. The number of aliphatic hydroxyl groups is 3. The Balaban J connectivity index is 1.82. The van der Waals surface area contributed by atoms with Crippen LogP contribution in [0.3, 0.4) is 0 Å². The summed E-state index contributed by atoms with van der Waals surface area (Å²) in [5.41, 5.74) is 1.22. The summed E-state index contributed by atoms with van der Waals surface area (Å²) in [6, 6.07) is 10.0. The molecule has 1 aromatic rings. The molecule has 1 aliphatic heterocycles. The smallest absolute Gasteiger partial charge is 0.219 e. The first kappa shape index (κ1) is 14.4. The zero-order valence-electron chi connectivity index (χ0n) is 11.0. The van der Waals surface area contributed by atoms with Crippen LogP contribution in [0.2, 0.25) is 0 Å². The van der Waals surface area contributed by atoms with Crippen molar-refractivity contribution in [1.29, 1.82) is 0 Å². The van der Waals surface area contributed by atoms with Crippen LogP contribution in [0.15, 0.2) is 30.3 Å². The van der Waals surface area contributed by atoms with E-state index < -0.39 is 30.6 Å². The number of nitrogens with two attached hydrogens (primary N) is 1. The van der Waals surface area contributed by atoms with Gasteiger partial charge in [-0.1, -0.05) is 30.3 Å². The van der Waals surface area contributed by atoms with E-state index in [1.807, 2.05) is 35.6 Å². The van der Waals surface area contributed by atoms with Crippen LogP contribution in [0.4, 0.5) is 0 Å². The summed E-state index contributed by atoms with van der Waals surface area (Å²) in [6.45, 7) is 2.44. The highest BCUT2D eigenvalue weighted by atomic mass is 16.5. The van der Waals surface area contributed by atoms with Crippen molar-refractivity contribution in [2.24, 2.45) is 0 Å². The van der Waals surface area contributed by atoms with Gasteiger partial charge in [-0.2, -0.15) is 0 Å². The summed E-state index contributed by atoms with van der Waals surface area (Å²) in [5, 5.41) is 31.0. The van der Waals surface area contributed by atoms with Crippen molar-refractivity contribution in [3.8, 4) is 0 Å². The van der Waals surface area contributed by atoms with Crippen LogP contribution in [0, 0.1) is 0 Å². The van der Waals surface area contributed by atoms with Crippen molar-refractivity contribution in [2.75, 3.05) is 6.54 Å². The fourth-order valence-electron chi connectivity index (χ4n) is 2.34. The Labute approximate surface area is 112 Å². The summed E-state index contributed by atoms with van der Waals surface area (Å²) in [4.78, 5) is 0. The Kier molecular flexibility index (Phi) is 4.90. The van der Waals surface area contributed by atoms with Gasteiger partial charge in [0.25, 0.3) is 0 Å². The summed E-state index contributed by atoms with van der Waals surface area (Å²) in [5.74, 6) is 0. The van der Waals surface area contributed by atoms with E-state index in [0.717, 1.165) is 13.0 Å². The Bertz CT molecular complexity index is 386. The predicted octanol–water partition coefficient (Wildman–Crippen LogP) is -1.38. The highest BCUT2D eigenvalue weighted by molar-refractivity contribution is 5.14. The summed E-state index contributed by atoms with van der Waals surface area (Å²) in [7, 11) is 0. The van der Waals surface area contributed by atoms with E-state index in [4.69, 9.17) is 4.74 Å². The third-order valence-corrected chi connectivity index (χ3v) is 3.56. The number of benzene rings is 1. The molecule has 0 spiro atoms. The molecule has 0 bridgehead atoms. The lowest BCUT2D eigenvalue weighted by molar-refractivity contribution is -0.742. The number of hydrogen-bond donors (Lipinski definition) is 4. The topological polar surface area (TPSA) is 86.5 Å². The number of quaternary nitrogens is 1. The molecule has 0 unspecified atom stereocenters. The molecule has 106 valence electrons. The van der Waals surface area contributed by atoms with Crippen LogP contribution < -0.4 is 5.32 Å². The van der Waals surface area contributed by atoms with Gasteiger partial charge >= 0.3 is 0 Å². The summed E-state index contributed by atoms with van der Waals surface area (Å²) < 4.78 is 5.50. The minimum absolute atomic E-state index is 0.476. The maximum absolute atomic E-state index is 9.86. The van der Waals surface area contributed by atoms with Gasteiger partial charge < -0.3 is 25.4 Å². The van der Waals surface area contributed by atoms with Gasteiger partial charge in [-0.3, -0.25) is 0 Å². The molecule has 1 heterocycles. The molecule has 0 aliphatic carbocycles. The van der Waals surface area contributed by atoms with Gasteiger partial charge in [0.05, 0.1) is 12.6 Å². The first-order valence-electron chi connectivity index (χ1n) is 6.66. The standard InChI is InChI=1S/C14H21NO4/c1-9-11(16)12(17)13(18)14(19-9)15-8-7-10-5-3-2-4-6-10/h2-6,9,11-18H,7-8H2,1H3/p+1/t9-,11-,12+,13+,14-/m1/s1. The maximum atomic E-state index is 9.86. The monoisotopic (exact) mass is 268 g/mol. The van der Waals surface area contributed by atoms with E-state index in [1.165, 1.54) is 5.56 Å². The number of aliphatic hydroxyl groups excluding tert-OH is 3. The maximum Gasteiger partial charge on any atom is 0.219 e. The average Bonchev–Trinajstić information content (AvgIpc) is 2.43. The largest absolute Gasteiger partial charge is 0.388 e. The Morgan fingerprint density at radius 3 is 2.42 bits per heavy atom. The molecule has 5 heteroatoms. The second kappa shape index (κ2) is 6.45. The Morgan fingerprint density at radius 2 is 1.74 bits per heavy atom. The molecule has 5 N–H and O–H groups in total. The first-order valence-corrected chi connectivity index (χ1v) is 6.66. The van der Waals surface area contributed by atoms with Crippen LogP contribution in [0.1, 0.15) is 12.5 Å². The molecule has 19 heavy (non-hydrogen) atoms. The van der Waals surface area contributed by atoms with Gasteiger partial charge in [0, 0.05) is 6.42 Å². The van der Waals surface area contributed by atoms with Crippen molar-refractivity contribution in [1.82, 2.24) is 0 Å². The van der Waals surface area contributed by atoms with Crippen LogP contribution >= 0.6 is 0 Å². The zero-order chi connectivity index (χ0) is 13.8. The van der Waals surface area contributed by atoms with E-state index in [9.17, 15) is 15.3 Å². The van der Waals surface area contributed by atoms with Gasteiger partial charge in [-0.05, 0) is 12.5 Å². The van der Waals surface area contributed by atoms with Gasteiger partial charge in [0.15, 0.2) is 6.10 Å². The highest BCUT2D eigenvalue weighted by Gasteiger charge is 2.43. The molecule has 0 saturated carbocycles. The van der Waals surface area contributed by atoms with Crippen molar-refractivity contribution in [3.63, 3.8) is 0 Å². The molecular weight excluding hydrogens is 246 g/mol. The van der Waals surface area contributed by atoms with Gasteiger partial charge in [0.2, 0.25) is 6.23 Å². The van der Waals surface area contributed by atoms with Crippen molar-refractivity contribution in [2.45, 2.75) is 44.0 Å². The van der Waals surface area contributed by atoms with Gasteiger partial charge in [-0.15, -0.1) is 0 Å². The van der Waals surface area contributed by atoms with Gasteiger partial charge in [0.1, 0.15) is 12.2 Å². The van der Waals surface area contributed by atoms with Crippen molar-refractivity contribution in [3.05, 3.63) is 35.9 Å². The van der Waals surface area contributed by atoms with Crippen LogP contribution in [-0.4, -0.2) is 52.5 Å². The molecule has 1 aliphatic rings. The normalized spacial score (nSPS) is 35.3. The second-order valence-electron chi connectivity index (χ2n) is 5.04. The summed E-state index contributed by atoms with van der Waals surface area (Å²) in [6.07, 6.45) is -3.40. The average molecular weight is 268 g/mol.